The van der Waals surface area contributed by atoms with E-state index in [-0.39, 0.29) is 71.1 Å². The summed E-state index contributed by atoms with van der Waals surface area (Å²) in [5, 5.41) is 77.1. The number of hydrogen-bond acceptors (Lipinski definition) is 15. The zero-order valence-corrected chi connectivity index (χ0v) is 23.3. The van der Waals surface area contributed by atoms with Crippen LogP contribution in [-0.4, -0.2) is 154 Å². The lowest BCUT2D eigenvalue weighted by atomic mass is 9.75. The minimum Gasteiger partial charge on any atom is -0.395 e. The van der Waals surface area contributed by atoms with E-state index >= 15 is 0 Å². The van der Waals surface area contributed by atoms with Gasteiger partial charge in [0.2, 0.25) is 0 Å². The number of nitrogens with two attached hydrogens (primary N) is 2. The number of aliphatic hydroxyl groups excluding tert-OH is 6. The lowest BCUT2D eigenvalue weighted by Gasteiger charge is -2.48. The summed E-state index contributed by atoms with van der Waals surface area (Å²) in [6.45, 7) is 1.39. The topological polar surface area (TPSA) is 272 Å². The fourth-order valence-electron chi connectivity index (χ4n) is 5.46. The molecule has 0 radical (unpaired) electrons. The molecule has 1 amide bonds. The Morgan fingerprint density at radius 2 is 1.80 bits per heavy atom. The van der Waals surface area contributed by atoms with Crippen LogP contribution in [0.25, 0.3) is 0 Å². The molecule has 3 aliphatic rings. The second-order valence-corrected chi connectivity index (χ2v) is 11.1. The van der Waals surface area contributed by atoms with Gasteiger partial charge in [0.1, 0.15) is 42.2 Å². The third-order valence-electron chi connectivity index (χ3n) is 7.83. The normalized spacial score (nSPS) is 40.9. The summed E-state index contributed by atoms with van der Waals surface area (Å²) in [5.41, 5.74) is 10.5. The van der Waals surface area contributed by atoms with Crippen LogP contribution in [0.5, 0.6) is 0 Å². The van der Waals surface area contributed by atoms with E-state index in [4.69, 9.17) is 35.5 Å². The van der Waals surface area contributed by atoms with Crippen molar-refractivity contribution in [2.24, 2.45) is 11.5 Å². The molecule has 1 aliphatic heterocycles. The minimum absolute atomic E-state index is 0.0224. The van der Waals surface area contributed by atoms with Gasteiger partial charge in [0.05, 0.1) is 32.0 Å². The summed E-state index contributed by atoms with van der Waals surface area (Å²) >= 11 is 0. The van der Waals surface area contributed by atoms with Crippen molar-refractivity contribution in [2.75, 3.05) is 32.9 Å². The molecule has 0 aromatic rings. The van der Waals surface area contributed by atoms with Crippen molar-refractivity contribution in [1.82, 2.24) is 10.6 Å². The maximum absolute atomic E-state index is 12.9. The van der Waals surface area contributed by atoms with Gasteiger partial charge in [-0.25, -0.2) is 0 Å². The van der Waals surface area contributed by atoms with Crippen LogP contribution in [0.1, 0.15) is 39.0 Å². The van der Waals surface area contributed by atoms with Gasteiger partial charge in [0, 0.05) is 44.4 Å². The van der Waals surface area contributed by atoms with Crippen LogP contribution < -0.4 is 22.1 Å². The Morgan fingerprint density at radius 1 is 1.10 bits per heavy atom. The number of aliphatic hydroxyl groups is 7. The summed E-state index contributed by atoms with van der Waals surface area (Å²) < 4.78 is 23.3. The number of rotatable bonds is 15. The largest absolute Gasteiger partial charge is 0.395 e. The number of carbonyl (C=O) groups excluding carboxylic acids is 1. The van der Waals surface area contributed by atoms with Crippen molar-refractivity contribution in [1.29, 1.82) is 0 Å². The first kappa shape index (κ1) is 34.4. The van der Waals surface area contributed by atoms with Crippen molar-refractivity contribution >= 4 is 5.91 Å². The number of ether oxygens (including phenoxy) is 4. The quantitative estimate of drug-likeness (QED) is 0.0622. The molecular formula is C25H48N4O12. The molecule has 11 atom stereocenters. The Morgan fingerprint density at radius 3 is 2.41 bits per heavy atom. The molecule has 16 heteroatoms. The molecule has 3 rings (SSSR count). The van der Waals surface area contributed by atoms with Gasteiger partial charge in [-0.2, -0.15) is 0 Å². The molecule has 0 spiro atoms. The van der Waals surface area contributed by atoms with E-state index in [2.05, 4.69) is 10.6 Å². The van der Waals surface area contributed by atoms with Crippen LogP contribution in [0.2, 0.25) is 0 Å². The first-order valence-corrected chi connectivity index (χ1v) is 14.2. The van der Waals surface area contributed by atoms with E-state index in [0.717, 1.165) is 0 Å². The number of carbonyl (C=O) groups is 1. The molecule has 0 bridgehead atoms. The molecular weight excluding hydrogens is 548 g/mol. The molecule has 2 saturated carbocycles. The maximum Gasteiger partial charge on any atom is 0.252 e. The highest BCUT2D eigenvalue weighted by Crippen LogP contribution is 2.34. The summed E-state index contributed by atoms with van der Waals surface area (Å²) in [6, 6.07) is -2.13. The SMILES string of the molecule is CCC(O)C(OCCO)O[C@H]1C(NC(=O)C2(O)CC(N)C2)CC(N)[C@@H](O[C@@H]2CC(O)[C@H](O)C(CNCCO)O2)C1O. The van der Waals surface area contributed by atoms with E-state index in [1.54, 1.807) is 6.92 Å². The van der Waals surface area contributed by atoms with Crippen LogP contribution in [-0.2, 0) is 23.7 Å². The molecule has 16 nitrogen and oxygen atoms in total. The monoisotopic (exact) mass is 596 g/mol. The molecule has 3 fully saturated rings. The Balaban J connectivity index is 1.78. The van der Waals surface area contributed by atoms with Gasteiger partial charge in [-0.05, 0) is 12.8 Å². The number of nitrogens with one attached hydrogen (secondary N) is 2. The van der Waals surface area contributed by atoms with Crippen LogP contribution in [0.15, 0.2) is 0 Å². The van der Waals surface area contributed by atoms with E-state index in [1.165, 1.54) is 0 Å². The van der Waals surface area contributed by atoms with Crippen LogP contribution in [0.4, 0.5) is 0 Å². The van der Waals surface area contributed by atoms with E-state index in [9.17, 15) is 35.4 Å². The van der Waals surface area contributed by atoms with Gasteiger partial charge in [-0.15, -0.1) is 0 Å². The number of amides is 1. The molecule has 13 N–H and O–H groups in total. The van der Waals surface area contributed by atoms with Gasteiger partial charge in [0.15, 0.2) is 12.6 Å². The first-order chi connectivity index (χ1) is 19.4. The third kappa shape index (κ3) is 8.73. The maximum atomic E-state index is 12.9. The standard InChI is InChI=1S/C25H48N4O12/c1-2-15(32)23(38-6-5-31)41-22-14(29-24(36)25(37)9-12(26)10-25)7-13(27)21(20(22)35)40-18-8-16(33)19(34)17(39-18)11-28-3-4-30/h12-23,28,30-35,37H,2-11,26-27H2,1H3,(H,29,36)/t12?,13?,14?,15?,16?,17?,18-,19+,20?,21-,22+,23?,25?/m1/s1. The predicted molar refractivity (Wildman–Crippen MR) is 141 cm³/mol. The molecule has 1 saturated heterocycles. The van der Waals surface area contributed by atoms with Crippen molar-refractivity contribution in [3.63, 3.8) is 0 Å². The van der Waals surface area contributed by atoms with Gasteiger partial charge in [-0.1, -0.05) is 6.92 Å². The molecule has 2 aliphatic carbocycles. The van der Waals surface area contributed by atoms with Crippen molar-refractivity contribution < 1.29 is 59.5 Å². The van der Waals surface area contributed by atoms with E-state index in [1.807, 2.05) is 0 Å². The third-order valence-corrected chi connectivity index (χ3v) is 7.83. The zero-order chi connectivity index (χ0) is 30.3. The average Bonchev–Trinajstić information content (AvgIpc) is 2.91. The molecule has 7 unspecified atom stereocenters. The highest BCUT2D eigenvalue weighted by molar-refractivity contribution is 5.86. The van der Waals surface area contributed by atoms with Crippen molar-refractivity contribution in [3.8, 4) is 0 Å². The minimum atomic E-state index is -1.67. The predicted octanol–water partition coefficient (Wildman–Crippen LogP) is -5.29. The van der Waals surface area contributed by atoms with Crippen molar-refractivity contribution in [3.05, 3.63) is 0 Å². The van der Waals surface area contributed by atoms with Crippen LogP contribution in [0, 0.1) is 0 Å². The highest BCUT2D eigenvalue weighted by Gasteiger charge is 2.52. The van der Waals surface area contributed by atoms with E-state index in [0.29, 0.717) is 0 Å². The van der Waals surface area contributed by atoms with Crippen LogP contribution in [0.3, 0.4) is 0 Å². The Hall–Kier alpha value is -1.09. The second-order valence-electron chi connectivity index (χ2n) is 11.1. The van der Waals surface area contributed by atoms with Gasteiger partial charge >= 0.3 is 0 Å². The summed E-state index contributed by atoms with van der Waals surface area (Å²) in [5.74, 6) is -0.702. The highest BCUT2D eigenvalue weighted by atomic mass is 16.7. The lowest BCUT2D eigenvalue weighted by molar-refractivity contribution is -0.296. The fraction of sp³-hybridized carbons (Fsp3) is 0.960. The van der Waals surface area contributed by atoms with Crippen LogP contribution >= 0.6 is 0 Å². The fourth-order valence-corrected chi connectivity index (χ4v) is 5.46. The number of hydrogen-bond donors (Lipinski definition) is 11. The molecule has 0 aromatic carbocycles. The van der Waals surface area contributed by atoms with E-state index < -0.39 is 78.9 Å². The first-order valence-electron chi connectivity index (χ1n) is 14.2. The molecule has 1 heterocycles. The lowest BCUT2D eigenvalue weighted by Crippen LogP contribution is -2.69. The summed E-state index contributed by atoms with van der Waals surface area (Å²) in [7, 11) is 0. The second kappa shape index (κ2) is 15.6. The molecule has 0 aromatic heterocycles. The average molecular weight is 597 g/mol. The van der Waals surface area contributed by atoms with Gasteiger partial charge in [0.25, 0.3) is 5.91 Å². The molecule has 240 valence electrons. The van der Waals surface area contributed by atoms with Gasteiger partial charge in [-0.3, -0.25) is 4.79 Å². The Bertz CT molecular complexity index is 809. The summed E-state index contributed by atoms with van der Waals surface area (Å²) in [4.78, 5) is 12.9. The van der Waals surface area contributed by atoms with Gasteiger partial charge < -0.3 is 76.8 Å². The smallest absolute Gasteiger partial charge is 0.252 e. The zero-order valence-electron chi connectivity index (χ0n) is 23.3. The Labute approximate surface area is 238 Å². The Kier molecular flexibility index (Phi) is 13.1. The van der Waals surface area contributed by atoms with Crippen molar-refractivity contribution in [2.45, 2.75) is 118 Å². The molecule has 41 heavy (non-hydrogen) atoms. The summed E-state index contributed by atoms with van der Waals surface area (Å²) in [6.07, 6.45) is -10.4.